The molecule has 4 nitrogen and oxygen atoms in total. The third-order valence-electron chi connectivity index (χ3n) is 11.0. The second kappa shape index (κ2) is 10.7. The fourth-order valence-electron chi connectivity index (χ4n) is 8.72. The largest absolute Gasteiger partial charge is 0.456 e. The van der Waals surface area contributed by atoms with Crippen LogP contribution in [0.2, 0.25) is 0 Å². The summed E-state index contributed by atoms with van der Waals surface area (Å²) < 4.78 is 6.29. The summed E-state index contributed by atoms with van der Waals surface area (Å²) >= 11 is 0. The highest BCUT2D eigenvalue weighted by atomic mass is 16.3. The van der Waals surface area contributed by atoms with Gasteiger partial charge in [0.1, 0.15) is 11.2 Å². The maximum absolute atomic E-state index is 6.29. The molecule has 0 saturated heterocycles. The van der Waals surface area contributed by atoms with E-state index >= 15 is 0 Å². The minimum Gasteiger partial charge on any atom is -0.456 e. The zero-order valence-electron chi connectivity index (χ0n) is 28.3. The van der Waals surface area contributed by atoms with Gasteiger partial charge in [0, 0.05) is 27.5 Å². The zero-order valence-corrected chi connectivity index (χ0v) is 28.3. The summed E-state index contributed by atoms with van der Waals surface area (Å²) in [4.78, 5) is 15.6. The Kier molecular flexibility index (Phi) is 5.74. The first kappa shape index (κ1) is 28.5. The molecule has 0 spiro atoms. The van der Waals surface area contributed by atoms with Crippen molar-refractivity contribution in [3.8, 4) is 34.2 Å². The molecule has 2 aromatic heterocycles. The van der Waals surface area contributed by atoms with Crippen LogP contribution in [0.15, 0.2) is 168 Å². The molecule has 53 heavy (non-hydrogen) atoms. The van der Waals surface area contributed by atoms with Crippen molar-refractivity contribution in [2.75, 3.05) is 0 Å². The Morgan fingerprint density at radius 3 is 1.51 bits per heavy atom. The number of nitrogens with zero attached hydrogens (tertiary/aromatic N) is 3. The van der Waals surface area contributed by atoms with Gasteiger partial charge in [0.25, 0.3) is 0 Å². The van der Waals surface area contributed by atoms with Crippen molar-refractivity contribution in [3.63, 3.8) is 0 Å². The third kappa shape index (κ3) is 4.09. The van der Waals surface area contributed by atoms with Crippen LogP contribution in [0.25, 0.3) is 121 Å². The molecule has 0 aliphatic rings. The lowest BCUT2D eigenvalue weighted by molar-refractivity contribution is 0.669. The summed E-state index contributed by atoms with van der Waals surface area (Å²) in [5.41, 5.74) is 4.42. The van der Waals surface area contributed by atoms with Gasteiger partial charge in [-0.2, -0.15) is 0 Å². The Bertz CT molecular complexity index is 3450. The van der Waals surface area contributed by atoms with Crippen LogP contribution in [-0.2, 0) is 0 Å². The number of hydrogen-bond donors (Lipinski definition) is 0. The lowest BCUT2D eigenvalue weighted by atomic mass is 9.87. The molecule has 0 radical (unpaired) electrons. The van der Waals surface area contributed by atoms with Crippen molar-refractivity contribution in [2.24, 2.45) is 0 Å². The van der Waals surface area contributed by atoms with Gasteiger partial charge in [-0.25, -0.2) is 15.0 Å². The molecule has 12 aromatic rings. The highest BCUT2D eigenvalue weighted by molar-refractivity contribution is 6.37. The number of furan rings is 1. The highest BCUT2D eigenvalue weighted by Crippen LogP contribution is 2.44. The van der Waals surface area contributed by atoms with E-state index in [2.05, 4.69) is 115 Å². The summed E-state index contributed by atoms with van der Waals surface area (Å²) in [6, 6.07) is 58.1. The molecule has 0 aliphatic heterocycles. The molecular weight excluding hydrogens is 647 g/mol. The quantitative estimate of drug-likeness (QED) is 0.175. The highest BCUT2D eigenvalue weighted by Gasteiger charge is 2.20. The molecule has 0 atom stereocenters. The molecule has 244 valence electrons. The number of benzene rings is 9. The molecule has 0 N–H and O–H groups in total. The van der Waals surface area contributed by atoms with E-state index in [9.17, 15) is 0 Å². The molecule has 2 heterocycles. The Balaban J connectivity index is 1.23. The average Bonchev–Trinajstić information content (AvgIpc) is 3.61. The van der Waals surface area contributed by atoms with Gasteiger partial charge in [-0.1, -0.05) is 140 Å². The summed E-state index contributed by atoms with van der Waals surface area (Å²) in [6.45, 7) is 0. The lowest BCUT2D eigenvalue weighted by Gasteiger charge is -2.17. The maximum atomic E-state index is 6.29. The zero-order chi connectivity index (χ0) is 34.6. The van der Waals surface area contributed by atoms with Gasteiger partial charge >= 0.3 is 0 Å². The first-order valence-electron chi connectivity index (χ1n) is 17.9. The van der Waals surface area contributed by atoms with Gasteiger partial charge in [0.2, 0.25) is 0 Å². The number of para-hydroxylation sites is 1. The van der Waals surface area contributed by atoms with Gasteiger partial charge in [0.05, 0.1) is 0 Å². The van der Waals surface area contributed by atoms with Gasteiger partial charge in [-0.3, -0.25) is 0 Å². The van der Waals surface area contributed by atoms with E-state index in [0.717, 1.165) is 44.0 Å². The first-order chi connectivity index (χ1) is 26.3. The van der Waals surface area contributed by atoms with Crippen molar-refractivity contribution in [1.82, 2.24) is 15.0 Å². The van der Waals surface area contributed by atoms with Crippen molar-refractivity contribution >= 4 is 86.6 Å². The minimum atomic E-state index is 0.607. The topological polar surface area (TPSA) is 51.8 Å². The maximum Gasteiger partial charge on any atom is 0.164 e. The second-order valence-electron chi connectivity index (χ2n) is 13.9. The Morgan fingerprint density at radius 2 is 0.811 bits per heavy atom. The molecule has 0 unspecified atom stereocenters. The molecule has 0 amide bonds. The molecule has 0 bridgehead atoms. The van der Waals surface area contributed by atoms with Crippen molar-refractivity contribution in [1.29, 1.82) is 0 Å². The SMILES string of the molecule is c1ccc(-c2nc(-c3cc4ccc5cccc6c7cccc8ccc9cccc(c(c3)c4c56)c9c87)nc(-c3cccc4oc5ccccc5c34)n2)cc1. The molecule has 0 aliphatic carbocycles. The number of fused-ring (bicyclic) bond motifs is 5. The third-order valence-corrected chi connectivity index (χ3v) is 11.0. The van der Waals surface area contributed by atoms with E-state index in [-0.39, 0.29) is 0 Å². The van der Waals surface area contributed by atoms with Crippen LogP contribution in [0.4, 0.5) is 0 Å². The summed E-state index contributed by atoms with van der Waals surface area (Å²) in [5.74, 6) is 1.85. The summed E-state index contributed by atoms with van der Waals surface area (Å²) in [7, 11) is 0. The monoisotopic (exact) mass is 673 g/mol. The van der Waals surface area contributed by atoms with Crippen LogP contribution >= 0.6 is 0 Å². The van der Waals surface area contributed by atoms with E-state index < -0.39 is 0 Å². The van der Waals surface area contributed by atoms with Crippen LogP contribution in [0.3, 0.4) is 0 Å². The lowest BCUT2D eigenvalue weighted by Crippen LogP contribution is -2.00. The summed E-state index contributed by atoms with van der Waals surface area (Å²) in [5, 5.41) is 16.8. The Labute approximate surface area is 302 Å². The number of rotatable bonds is 3. The van der Waals surface area contributed by atoms with Gasteiger partial charge < -0.3 is 4.42 Å². The summed E-state index contributed by atoms with van der Waals surface area (Å²) in [6.07, 6.45) is 0. The number of hydrogen-bond acceptors (Lipinski definition) is 4. The smallest absolute Gasteiger partial charge is 0.164 e. The number of aromatic nitrogens is 3. The van der Waals surface area contributed by atoms with E-state index in [1.165, 1.54) is 59.2 Å². The van der Waals surface area contributed by atoms with E-state index in [1.54, 1.807) is 0 Å². The molecule has 0 saturated carbocycles. The van der Waals surface area contributed by atoms with E-state index in [0.29, 0.717) is 17.5 Å². The van der Waals surface area contributed by atoms with Crippen molar-refractivity contribution in [3.05, 3.63) is 164 Å². The molecule has 12 rings (SSSR count). The average molecular weight is 674 g/mol. The fraction of sp³-hybridized carbons (Fsp3) is 0. The predicted octanol–water partition coefficient (Wildman–Crippen LogP) is 13.1. The predicted molar refractivity (Wildman–Crippen MR) is 220 cm³/mol. The molecule has 4 heteroatoms. The molecule has 0 fully saturated rings. The Morgan fingerprint density at radius 1 is 0.302 bits per heavy atom. The van der Waals surface area contributed by atoms with Crippen LogP contribution in [0.1, 0.15) is 0 Å². The van der Waals surface area contributed by atoms with Crippen molar-refractivity contribution < 1.29 is 4.42 Å². The van der Waals surface area contributed by atoms with E-state index in [4.69, 9.17) is 19.4 Å². The van der Waals surface area contributed by atoms with Crippen molar-refractivity contribution in [2.45, 2.75) is 0 Å². The van der Waals surface area contributed by atoms with E-state index in [1.807, 2.05) is 48.5 Å². The molecular formula is C49H27N3O. The van der Waals surface area contributed by atoms with Gasteiger partial charge in [0.15, 0.2) is 17.5 Å². The normalized spacial score (nSPS) is 12.2. The van der Waals surface area contributed by atoms with Gasteiger partial charge in [-0.05, 0) is 88.9 Å². The van der Waals surface area contributed by atoms with Crippen LogP contribution in [0.5, 0.6) is 0 Å². The second-order valence-corrected chi connectivity index (χ2v) is 13.9. The van der Waals surface area contributed by atoms with Gasteiger partial charge in [-0.15, -0.1) is 0 Å². The minimum absolute atomic E-state index is 0.607. The van der Waals surface area contributed by atoms with Crippen LogP contribution in [0, 0.1) is 0 Å². The standard InChI is InChI=1S/C49H27N3O/c1-2-10-31(11-3-1)47-50-48(52-49(51-47)38-19-9-21-41-46(38)37-15-4-5-20-40(37)53-41)33-26-32-25-24-30-13-7-17-35-34-16-6-12-28-22-23-29-14-8-18-36(44(29)42(28)34)39(27-33)45(32)43(30)35/h1-27H. The fourth-order valence-corrected chi connectivity index (χ4v) is 8.72. The van der Waals surface area contributed by atoms with Crippen LogP contribution in [-0.4, -0.2) is 15.0 Å². The first-order valence-corrected chi connectivity index (χ1v) is 17.9. The Hall–Kier alpha value is -7.17. The van der Waals surface area contributed by atoms with Crippen LogP contribution < -0.4 is 0 Å². The molecule has 10 aromatic carbocycles.